The van der Waals surface area contributed by atoms with Crippen LogP contribution in [0.4, 0.5) is 0 Å². The first kappa shape index (κ1) is 14.1. The molecule has 1 heterocycles. The summed E-state index contributed by atoms with van der Waals surface area (Å²) in [7, 11) is 1.52. The van der Waals surface area contributed by atoms with Gasteiger partial charge in [0.2, 0.25) is 0 Å². The Hall–Kier alpha value is -2.34. The molecule has 1 atom stereocenters. The minimum Gasteiger partial charge on any atom is -0.480 e. The van der Waals surface area contributed by atoms with Gasteiger partial charge in [0.25, 0.3) is 5.91 Å². The Labute approximate surface area is 115 Å². The van der Waals surface area contributed by atoms with Gasteiger partial charge in [0.05, 0.1) is 6.61 Å². The molecule has 6 nitrogen and oxygen atoms in total. The van der Waals surface area contributed by atoms with Crippen molar-refractivity contribution in [2.24, 2.45) is 0 Å². The van der Waals surface area contributed by atoms with E-state index in [1.807, 2.05) is 12.1 Å². The summed E-state index contributed by atoms with van der Waals surface area (Å²) >= 11 is 0. The van der Waals surface area contributed by atoms with E-state index in [2.05, 4.69) is 5.32 Å². The summed E-state index contributed by atoms with van der Waals surface area (Å²) in [5.74, 6) is -1.59. The van der Waals surface area contributed by atoms with E-state index < -0.39 is 17.9 Å². The van der Waals surface area contributed by atoms with Crippen molar-refractivity contribution in [1.29, 1.82) is 0 Å². The van der Waals surface area contributed by atoms with Crippen LogP contribution in [0.15, 0.2) is 28.7 Å². The topological polar surface area (TPSA) is 88.8 Å². The van der Waals surface area contributed by atoms with Gasteiger partial charge >= 0.3 is 5.97 Å². The van der Waals surface area contributed by atoms with Gasteiger partial charge in [0, 0.05) is 18.1 Å². The lowest BCUT2D eigenvalue weighted by Gasteiger charge is -2.08. The Morgan fingerprint density at radius 1 is 1.40 bits per heavy atom. The molecule has 6 heteroatoms. The van der Waals surface area contributed by atoms with Crippen molar-refractivity contribution in [3.8, 4) is 0 Å². The summed E-state index contributed by atoms with van der Waals surface area (Å²) in [5.41, 5.74) is 1.17. The largest absolute Gasteiger partial charge is 0.480 e. The molecule has 1 unspecified atom stereocenters. The Kier molecular flexibility index (Phi) is 4.05. The van der Waals surface area contributed by atoms with E-state index in [-0.39, 0.29) is 12.4 Å². The molecule has 1 aromatic carbocycles. The van der Waals surface area contributed by atoms with Crippen LogP contribution in [0.25, 0.3) is 11.0 Å². The number of carbonyl (C=O) groups excluding carboxylic acids is 1. The fourth-order valence-corrected chi connectivity index (χ4v) is 1.89. The maximum atomic E-state index is 12.1. The van der Waals surface area contributed by atoms with Gasteiger partial charge in [-0.3, -0.25) is 9.59 Å². The number of carboxylic acids is 1. The second kappa shape index (κ2) is 5.75. The van der Waals surface area contributed by atoms with Gasteiger partial charge in [-0.05, 0) is 13.0 Å². The van der Waals surface area contributed by atoms with Crippen LogP contribution >= 0.6 is 0 Å². The van der Waals surface area contributed by atoms with Gasteiger partial charge in [0.15, 0.2) is 5.76 Å². The zero-order chi connectivity index (χ0) is 14.7. The number of ether oxygens (including phenoxy) is 1. The van der Waals surface area contributed by atoms with E-state index >= 15 is 0 Å². The number of nitrogens with one attached hydrogen (secondary N) is 1. The van der Waals surface area contributed by atoms with Crippen molar-refractivity contribution in [3.05, 3.63) is 35.6 Å². The zero-order valence-corrected chi connectivity index (χ0v) is 11.2. The Morgan fingerprint density at radius 3 is 2.75 bits per heavy atom. The third kappa shape index (κ3) is 2.65. The van der Waals surface area contributed by atoms with Gasteiger partial charge < -0.3 is 19.6 Å². The molecule has 0 saturated heterocycles. The van der Waals surface area contributed by atoms with Gasteiger partial charge in [0.1, 0.15) is 11.6 Å². The second-order valence-electron chi connectivity index (χ2n) is 4.37. The number of methoxy groups -OCH3 is 1. The van der Waals surface area contributed by atoms with Crippen molar-refractivity contribution in [2.45, 2.75) is 19.6 Å². The maximum Gasteiger partial charge on any atom is 0.325 e. The Morgan fingerprint density at radius 2 is 2.10 bits per heavy atom. The number of furan rings is 1. The number of carboxylic acid groups (broad SMARTS) is 1. The highest BCUT2D eigenvalue weighted by atomic mass is 16.5. The molecule has 0 aliphatic heterocycles. The molecule has 0 aliphatic carbocycles. The fraction of sp³-hybridized carbons (Fsp3) is 0.286. The lowest BCUT2D eigenvalue weighted by Crippen LogP contribution is -2.38. The van der Waals surface area contributed by atoms with Crippen LogP contribution in [0, 0.1) is 0 Å². The maximum absolute atomic E-state index is 12.1. The smallest absolute Gasteiger partial charge is 0.325 e. The highest BCUT2D eigenvalue weighted by Crippen LogP contribution is 2.26. The number of hydrogen-bond acceptors (Lipinski definition) is 4. The van der Waals surface area contributed by atoms with E-state index in [4.69, 9.17) is 14.3 Å². The molecular formula is C14H15NO5. The average Bonchev–Trinajstić information content (AvgIpc) is 2.78. The van der Waals surface area contributed by atoms with E-state index in [0.717, 1.165) is 5.39 Å². The van der Waals surface area contributed by atoms with Crippen molar-refractivity contribution >= 4 is 22.8 Å². The third-order valence-electron chi connectivity index (χ3n) is 2.91. The van der Waals surface area contributed by atoms with Crippen molar-refractivity contribution in [2.75, 3.05) is 7.11 Å². The average molecular weight is 277 g/mol. The zero-order valence-electron chi connectivity index (χ0n) is 11.2. The minimum absolute atomic E-state index is 0.0844. The highest BCUT2D eigenvalue weighted by Gasteiger charge is 2.23. The first-order valence-electron chi connectivity index (χ1n) is 6.07. The predicted octanol–water partition coefficient (Wildman–Crippen LogP) is 1.78. The molecule has 2 aromatic rings. The summed E-state index contributed by atoms with van der Waals surface area (Å²) in [4.78, 5) is 22.9. The molecule has 0 aliphatic rings. The van der Waals surface area contributed by atoms with Crippen molar-refractivity contribution in [1.82, 2.24) is 5.32 Å². The van der Waals surface area contributed by atoms with E-state index in [1.54, 1.807) is 12.1 Å². The van der Waals surface area contributed by atoms with Crippen LogP contribution in [0.2, 0.25) is 0 Å². The molecule has 0 fully saturated rings. The molecule has 106 valence electrons. The van der Waals surface area contributed by atoms with Crippen LogP contribution in [0.1, 0.15) is 23.0 Å². The van der Waals surface area contributed by atoms with E-state index in [9.17, 15) is 9.59 Å². The summed E-state index contributed by atoms with van der Waals surface area (Å²) in [6.07, 6.45) is 0. The number of amides is 1. The van der Waals surface area contributed by atoms with Crippen LogP contribution < -0.4 is 5.32 Å². The molecule has 20 heavy (non-hydrogen) atoms. The summed E-state index contributed by atoms with van der Waals surface area (Å²) in [5, 5.41) is 12.0. The summed E-state index contributed by atoms with van der Waals surface area (Å²) < 4.78 is 10.6. The molecule has 0 radical (unpaired) electrons. The van der Waals surface area contributed by atoms with Crippen LogP contribution in [-0.4, -0.2) is 30.1 Å². The lowest BCUT2D eigenvalue weighted by molar-refractivity contribution is -0.138. The minimum atomic E-state index is -1.11. The first-order valence-corrected chi connectivity index (χ1v) is 6.07. The van der Waals surface area contributed by atoms with Crippen LogP contribution in [0.3, 0.4) is 0 Å². The van der Waals surface area contributed by atoms with Crippen molar-refractivity contribution in [3.63, 3.8) is 0 Å². The molecular weight excluding hydrogens is 262 g/mol. The number of aliphatic carboxylic acids is 1. The number of fused-ring (bicyclic) bond motifs is 1. The van der Waals surface area contributed by atoms with Gasteiger partial charge in [-0.25, -0.2) is 0 Å². The molecule has 0 bridgehead atoms. The normalized spacial score (nSPS) is 12.3. The molecule has 2 N–H and O–H groups in total. The van der Waals surface area contributed by atoms with Crippen LogP contribution in [0.5, 0.6) is 0 Å². The predicted molar refractivity (Wildman–Crippen MR) is 71.5 cm³/mol. The molecule has 1 aromatic heterocycles. The standard InChI is InChI=1S/C14H15NO5/c1-8(14(17)18)15-13(16)12-10(7-19-2)9-5-3-4-6-11(9)20-12/h3-6,8H,7H2,1-2H3,(H,15,16)(H,17,18). The number of carbonyl (C=O) groups is 2. The molecule has 1 amide bonds. The Bertz CT molecular complexity index is 646. The monoisotopic (exact) mass is 277 g/mol. The first-order chi connectivity index (χ1) is 9.54. The quantitative estimate of drug-likeness (QED) is 0.869. The van der Waals surface area contributed by atoms with Crippen molar-refractivity contribution < 1.29 is 23.8 Å². The third-order valence-corrected chi connectivity index (χ3v) is 2.91. The fourth-order valence-electron chi connectivity index (χ4n) is 1.89. The van der Waals surface area contributed by atoms with Gasteiger partial charge in [-0.1, -0.05) is 18.2 Å². The Balaban J connectivity index is 2.39. The SMILES string of the molecule is COCc1c(C(=O)NC(C)C(=O)O)oc2ccccc12. The summed E-state index contributed by atoms with van der Waals surface area (Å²) in [6, 6.07) is 6.20. The van der Waals surface area contributed by atoms with E-state index in [0.29, 0.717) is 11.1 Å². The summed E-state index contributed by atoms with van der Waals surface area (Å²) in [6.45, 7) is 1.60. The number of rotatable bonds is 5. The number of benzene rings is 1. The van der Waals surface area contributed by atoms with Gasteiger partial charge in [-0.15, -0.1) is 0 Å². The molecule has 0 spiro atoms. The molecule has 2 rings (SSSR count). The lowest BCUT2D eigenvalue weighted by atomic mass is 10.1. The number of para-hydroxylation sites is 1. The van der Waals surface area contributed by atoms with Crippen LogP contribution in [-0.2, 0) is 16.1 Å². The molecule has 0 saturated carbocycles. The number of hydrogen-bond donors (Lipinski definition) is 2. The van der Waals surface area contributed by atoms with Gasteiger partial charge in [-0.2, -0.15) is 0 Å². The van der Waals surface area contributed by atoms with E-state index in [1.165, 1.54) is 14.0 Å². The highest BCUT2D eigenvalue weighted by molar-refractivity contribution is 6.00. The second-order valence-corrected chi connectivity index (χ2v) is 4.37.